The Morgan fingerprint density at radius 1 is 1.17 bits per heavy atom. The molecule has 0 fully saturated rings. The van der Waals surface area contributed by atoms with E-state index in [4.69, 9.17) is 0 Å². The van der Waals surface area contributed by atoms with Crippen LogP contribution >= 0.6 is 11.3 Å². The van der Waals surface area contributed by atoms with E-state index in [0.29, 0.717) is 17.2 Å². The molecule has 150 valence electrons. The van der Waals surface area contributed by atoms with Crippen LogP contribution in [0.4, 0.5) is 5.13 Å². The van der Waals surface area contributed by atoms with E-state index in [1.165, 1.54) is 17.4 Å². The number of carbonyl (C=O) groups is 2. The van der Waals surface area contributed by atoms with E-state index < -0.39 is 0 Å². The number of aromatic nitrogens is 2. The molecule has 6 nitrogen and oxygen atoms in total. The minimum Gasteiger partial charge on any atom is -0.358 e. The maximum atomic E-state index is 12.6. The fourth-order valence-electron chi connectivity index (χ4n) is 3.26. The Bertz CT molecular complexity index is 1240. The maximum absolute atomic E-state index is 12.6. The van der Waals surface area contributed by atoms with Crippen molar-refractivity contribution in [1.82, 2.24) is 15.3 Å². The number of hydrogen-bond donors (Lipinski definition) is 3. The van der Waals surface area contributed by atoms with Crippen molar-refractivity contribution in [2.45, 2.75) is 13.5 Å². The smallest absolute Gasteiger partial charge is 0.257 e. The summed E-state index contributed by atoms with van der Waals surface area (Å²) in [7, 11) is 0. The number of amides is 2. The summed E-state index contributed by atoms with van der Waals surface area (Å²) in [5, 5.41) is 9.16. The van der Waals surface area contributed by atoms with Gasteiger partial charge in [-0.2, -0.15) is 0 Å². The summed E-state index contributed by atoms with van der Waals surface area (Å²) < 4.78 is 0. The Labute approximate surface area is 177 Å². The van der Waals surface area contributed by atoms with Crippen LogP contribution in [0.3, 0.4) is 0 Å². The Morgan fingerprint density at radius 3 is 2.70 bits per heavy atom. The molecule has 0 radical (unpaired) electrons. The first-order chi connectivity index (χ1) is 14.5. The van der Waals surface area contributed by atoms with Gasteiger partial charge >= 0.3 is 0 Å². The van der Waals surface area contributed by atoms with Crippen LogP contribution < -0.4 is 10.6 Å². The number of aromatic amines is 1. The fraction of sp³-hybridized carbons (Fsp3) is 0.0870. The van der Waals surface area contributed by atoms with Gasteiger partial charge in [0.05, 0.1) is 5.69 Å². The Kier molecular flexibility index (Phi) is 5.45. The standard InChI is InChI=1S/C23H20N4O2S/c1-3-20(28)24-12-15-8-10-16(11-9-15)22(29)27-23-26-19(13-30-23)21-14(2)25-18-7-5-4-6-17(18)21/h3-11,13,25H,1,12H2,2H3,(H,24,28)(H,26,27,29). The van der Waals surface area contributed by atoms with Crippen molar-refractivity contribution in [3.05, 3.63) is 83.4 Å². The Hall–Kier alpha value is -3.71. The summed E-state index contributed by atoms with van der Waals surface area (Å²) in [6.07, 6.45) is 1.22. The molecule has 0 unspecified atom stereocenters. The molecule has 2 aromatic heterocycles. The number of nitrogens with one attached hydrogen (secondary N) is 3. The summed E-state index contributed by atoms with van der Waals surface area (Å²) in [5.41, 5.74) is 5.40. The molecule has 0 saturated heterocycles. The van der Waals surface area contributed by atoms with Crippen molar-refractivity contribution in [2.75, 3.05) is 5.32 Å². The molecule has 0 bridgehead atoms. The van der Waals surface area contributed by atoms with Crippen LogP contribution in [-0.4, -0.2) is 21.8 Å². The van der Waals surface area contributed by atoms with Crippen LogP contribution in [0.25, 0.3) is 22.2 Å². The summed E-state index contributed by atoms with van der Waals surface area (Å²) in [6.45, 7) is 5.82. The monoisotopic (exact) mass is 416 g/mol. The highest BCUT2D eigenvalue weighted by atomic mass is 32.1. The van der Waals surface area contributed by atoms with E-state index in [-0.39, 0.29) is 11.8 Å². The molecule has 0 aliphatic rings. The highest BCUT2D eigenvalue weighted by molar-refractivity contribution is 7.14. The quantitative estimate of drug-likeness (QED) is 0.400. The fourth-order valence-corrected chi connectivity index (χ4v) is 3.95. The lowest BCUT2D eigenvalue weighted by molar-refractivity contribution is -0.116. The van der Waals surface area contributed by atoms with Crippen molar-refractivity contribution in [3.8, 4) is 11.3 Å². The van der Waals surface area contributed by atoms with Crippen LogP contribution in [0.1, 0.15) is 21.6 Å². The van der Waals surface area contributed by atoms with E-state index in [9.17, 15) is 9.59 Å². The number of para-hydroxylation sites is 1. The number of aryl methyl sites for hydroxylation is 1. The SMILES string of the molecule is C=CC(=O)NCc1ccc(C(=O)Nc2nc(-c3c(C)[nH]c4ccccc34)cs2)cc1. The van der Waals surface area contributed by atoms with E-state index >= 15 is 0 Å². The van der Waals surface area contributed by atoms with Crippen molar-refractivity contribution in [1.29, 1.82) is 0 Å². The van der Waals surface area contributed by atoms with Crippen LogP contribution in [0.5, 0.6) is 0 Å². The minimum absolute atomic E-state index is 0.228. The van der Waals surface area contributed by atoms with E-state index in [1.807, 2.05) is 30.5 Å². The van der Waals surface area contributed by atoms with E-state index in [1.54, 1.807) is 24.3 Å². The largest absolute Gasteiger partial charge is 0.358 e. The number of anilines is 1. The molecule has 2 aromatic carbocycles. The van der Waals surface area contributed by atoms with Crippen LogP contribution in [-0.2, 0) is 11.3 Å². The van der Waals surface area contributed by atoms with Crippen LogP contribution in [0.2, 0.25) is 0 Å². The van der Waals surface area contributed by atoms with E-state index in [2.05, 4.69) is 33.2 Å². The molecule has 0 aliphatic carbocycles. The summed E-state index contributed by atoms with van der Waals surface area (Å²) >= 11 is 1.39. The van der Waals surface area contributed by atoms with Gasteiger partial charge in [-0.1, -0.05) is 36.9 Å². The number of fused-ring (bicyclic) bond motifs is 1. The second-order valence-electron chi connectivity index (χ2n) is 6.78. The number of nitrogens with zero attached hydrogens (tertiary/aromatic N) is 1. The molecular formula is C23H20N4O2S. The number of benzene rings is 2. The third-order valence-corrected chi connectivity index (χ3v) is 5.50. The third kappa shape index (κ3) is 4.01. The molecule has 0 spiro atoms. The first-order valence-corrected chi connectivity index (χ1v) is 10.3. The molecule has 2 heterocycles. The van der Waals surface area contributed by atoms with Gasteiger partial charge in [-0.05, 0) is 36.8 Å². The van der Waals surface area contributed by atoms with Gasteiger partial charge in [0.1, 0.15) is 0 Å². The molecule has 4 aromatic rings. The summed E-state index contributed by atoms with van der Waals surface area (Å²) in [5.74, 6) is -0.463. The number of rotatable bonds is 6. The van der Waals surface area contributed by atoms with Crippen LogP contribution in [0.15, 0.2) is 66.6 Å². The van der Waals surface area contributed by atoms with Crippen molar-refractivity contribution in [3.63, 3.8) is 0 Å². The van der Waals surface area contributed by atoms with Gasteiger partial charge in [0.25, 0.3) is 5.91 Å². The number of hydrogen-bond acceptors (Lipinski definition) is 4. The molecule has 3 N–H and O–H groups in total. The molecule has 30 heavy (non-hydrogen) atoms. The second-order valence-corrected chi connectivity index (χ2v) is 7.64. The minimum atomic E-state index is -0.234. The topological polar surface area (TPSA) is 86.9 Å². The highest BCUT2D eigenvalue weighted by Gasteiger charge is 2.15. The molecule has 0 saturated carbocycles. The average molecular weight is 417 g/mol. The van der Waals surface area contributed by atoms with Crippen molar-refractivity contribution >= 4 is 39.2 Å². The first-order valence-electron chi connectivity index (χ1n) is 9.39. The average Bonchev–Trinajstić information content (AvgIpc) is 3.34. The molecule has 4 rings (SSSR count). The molecule has 0 atom stereocenters. The van der Waals surface area contributed by atoms with E-state index in [0.717, 1.165) is 33.4 Å². The lowest BCUT2D eigenvalue weighted by Gasteiger charge is -2.05. The third-order valence-electron chi connectivity index (χ3n) is 4.74. The predicted octanol–water partition coefficient (Wildman–Crippen LogP) is 4.65. The summed E-state index contributed by atoms with van der Waals surface area (Å²) in [6, 6.07) is 15.2. The molecule has 7 heteroatoms. The van der Waals surface area contributed by atoms with Gasteiger partial charge in [0.15, 0.2) is 5.13 Å². The second kappa shape index (κ2) is 8.34. The number of H-pyrrole nitrogens is 1. The zero-order valence-electron chi connectivity index (χ0n) is 16.4. The van der Waals surface area contributed by atoms with Gasteiger partial charge in [-0.25, -0.2) is 4.98 Å². The molecule has 0 aliphatic heterocycles. The highest BCUT2D eigenvalue weighted by Crippen LogP contribution is 2.33. The van der Waals surface area contributed by atoms with Crippen molar-refractivity contribution < 1.29 is 9.59 Å². The van der Waals surface area contributed by atoms with Gasteiger partial charge < -0.3 is 10.3 Å². The van der Waals surface area contributed by atoms with Gasteiger partial charge in [-0.15, -0.1) is 11.3 Å². The number of carbonyl (C=O) groups excluding carboxylic acids is 2. The zero-order chi connectivity index (χ0) is 21.1. The van der Waals surface area contributed by atoms with Crippen LogP contribution in [0, 0.1) is 6.92 Å². The zero-order valence-corrected chi connectivity index (χ0v) is 17.2. The van der Waals surface area contributed by atoms with Gasteiger partial charge in [-0.3, -0.25) is 14.9 Å². The number of thiazole rings is 1. The van der Waals surface area contributed by atoms with Gasteiger partial charge in [0.2, 0.25) is 5.91 Å². The predicted molar refractivity (Wildman–Crippen MR) is 121 cm³/mol. The maximum Gasteiger partial charge on any atom is 0.257 e. The Morgan fingerprint density at radius 2 is 1.93 bits per heavy atom. The van der Waals surface area contributed by atoms with Crippen molar-refractivity contribution in [2.24, 2.45) is 0 Å². The lowest BCUT2D eigenvalue weighted by Crippen LogP contribution is -2.20. The Balaban J connectivity index is 1.47. The van der Waals surface area contributed by atoms with Gasteiger partial charge in [0, 0.05) is 39.6 Å². The molecule has 2 amide bonds. The lowest BCUT2D eigenvalue weighted by atomic mass is 10.1. The molecular weight excluding hydrogens is 396 g/mol. The summed E-state index contributed by atoms with van der Waals surface area (Å²) in [4.78, 5) is 31.8. The first kappa shape index (κ1) is 19.6. The normalized spacial score (nSPS) is 10.7.